The van der Waals surface area contributed by atoms with Gasteiger partial charge in [0.2, 0.25) is 0 Å². The third-order valence-corrected chi connectivity index (χ3v) is 2.69. The largest absolute Gasteiger partial charge is 0.492 e. The Labute approximate surface area is 99.0 Å². The molecule has 16 heavy (non-hydrogen) atoms. The lowest BCUT2D eigenvalue weighted by atomic mass is 9.87. The van der Waals surface area contributed by atoms with Crippen molar-refractivity contribution in [1.29, 1.82) is 0 Å². The zero-order valence-corrected chi connectivity index (χ0v) is 11.0. The monoisotopic (exact) mass is 221 g/mol. The topological polar surface area (TPSA) is 21.3 Å². The summed E-state index contributed by atoms with van der Waals surface area (Å²) in [5, 5.41) is 3.16. The standard InChI is InChI=1S/C14H23NO/c1-11(15-5)10-16-13-8-6-7-12(9-13)14(2,3)4/h6-9,11,15H,10H2,1-5H3. The van der Waals surface area contributed by atoms with Crippen molar-refractivity contribution in [2.24, 2.45) is 0 Å². The van der Waals surface area contributed by atoms with Gasteiger partial charge in [-0.2, -0.15) is 0 Å². The number of hydrogen-bond donors (Lipinski definition) is 1. The molecule has 0 heterocycles. The smallest absolute Gasteiger partial charge is 0.119 e. The molecule has 0 amide bonds. The maximum atomic E-state index is 5.73. The number of benzene rings is 1. The number of likely N-dealkylation sites (N-methyl/N-ethyl adjacent to an activating group) is 1. The fourth-order valence-electron chi connectivity index (χ4n) is 1.36. The van der Waals surface area contributed by atoms with Crippen molar-refractivity contribution in [3.05, 3.63) is 29.8 Å². The van der Waals surface area contributed by atoms with Crippen LogP contribution in [0.15, 0.2) is 24.3 Å². The van der Waals surface area contributed by atoms with Gasteiger partial charge in [0.1, 0.15) is 12.4 Å². The quantitative estimate of drug-likeness (QED) is 0.844. The average Bonchev–Trinajstić information content (AvgIpc) is 2.25. The van der Waals surface area contributed by atoms with Crippen LogP contribution in [0.5, 0.6) is 5.75 Å². The molecule has 2 nitrogen and oxygen atoms in total. The van der Waals surface area contributed by atoms with E-state index in [-0.39, 0.29) is 5.41 Å². The predicted octanol–water partition coefficient (Wildman–Crippen LogP) is 2.97. The van der Waals surface area contributed by atoms with E-state index in [1.807, 2.05) is 13.1 Å². The second-order valence-corrected chi connectivity index (χ2v) is 5.28. The Morgan fingerprint density at radius 3 is 2.56 bits per heavy atom. The van der Waals surface area contributed by atoms with Crippen LogP contribution < -0.4 is 10.1 Å². The summed E-state index contributed by atoms with van der Waals surface area (Å²) in [7, 11) is 1.94. The van der Waals surface area contributed by atoms with Crippen LogP contribution in [-0.2, 0) is 5.41 Å². The van der Waals surface area contributed by atoms with Gasteiger partial charge in [-0.25, -0.2) is 0 Å². The summed E-state index contributed by atoms with van der Waals surface area (Å²) in [6, 6.07) is 8.72. The van der Waals surface area contributed by atoms with Crippen LogP contribution in [-0.4, -0.2) is 19.7 Å². The fraction of sp³-hybridized carbons (Fsp3) is 0.571. The van der Waals surface area contributed by atoms with Gasteiger partial charge in [0.25, 0.3) is 0 Å². The molecule has 1 aromatic rings. The Hall–Kier alpha value is -1.02. The minimum Gasteiger partial charge on any atom is -0.492 e. The molecule has 0 aliphatic heterocycles. The molecule has 0 saturated carbocycles. The van der Waals surface area contributed by atoms with Crippen molar-refractivity contribution in [3.63, 3.8) is 0 Å². The average molecular weight is 221 g/mol. The zero-order valence-electron chi connectivity index (χ0n) is 11.0. The van der Waals surface area contributed by atoms with Crippen molar-refractivity contribution in [2.75, 3.05) is 13.7 Å². The Bertz CT molecular complexity index is 328. The molecule has 1 N–H and O–H groups in total. The lowest BCUT2D eigenvalue weighted by Gasteiger charge is -2.20. The van der Waals surface area contributed by atoms with E-state index in [1.54, 1.807) is 0 Å². The number of ether oxygens (including phenoxy) is 1. The number of hydrogen-bond acceptors (Lipinski definition) is 2. The summed E-state index contributed by atoms with van der Waals surface area (Å²) in [5.74, 6) is 0.953. The van der Waals surface area contributed by atoms with Crippen LogP contribution in [0.25, 0.3) is 0 Å². The zero-order chi connectivity index (χ0) is 12.2. The molecule has 0 bridgehead atoms. The molecule has 2 heteroatoms. The van der Waals surface area contributed by atoms with Gasteiger partial charge in [0.05, 0.1) is 0 Å². The van der Waals surface area contributed by atoms with Gasteiger partial charge >= 0.3 is 0 Å². The molecule has 1 rings (SSSR count). The molecule has 0 radical (unpaired) electrons. The summed E-state index contributed by atoms with van der Waals surface area (Å²) < 4.78 is 5.73. The number of nitrogens with one attached hydrogen (secondary N) is 1. The second-order valence-electron chi connectivity index (χ2n) is 5.28. The first-order chi connectivity index (χ1) is 7.43. The maximum Gasteiger partial charge on any atom is 0.119 e. The van der Waals surface area contributed by atoms with Crippen LogP contribution in [0.3, 0.4) is 0 Å². The van der Waals surface area contributed by atoms with Gasteiger partial charge < -0.3 is 10.1 Å². The van der Waals surface area contributed by atoms with Crippen LogP contribution >= 0.6 is 0 Å². The highest BCUT2D eigenvalue weighted by Gasteiger charge is 2.13. The maximum absolute atomic E-state index is 5.73. The summed E-state index contributed by atoms with van der Waals surface area (Å²) in [4.78, 5) is 0. The van der Waals surface area contributed by atoms with Crippen molar-refractivity contribution in [2.45, 2.75) is 39.2 Å². The lowest BCUT2D eigenvalue weighted by Crippen LogP contribution is -2.28. The Kier molecular flexibility index (Phi) is 4.36. The van der Waals surface area contributed by atoms with E-state index in [2.05, 4.69) is 51.2 Å². The highest BCUT2D eigenvalue weighted by atomic mass is 16.5. The fourth-order valence-corrected chi connectivity index (χ4v) is 1.36. The van der Waals surface area contributed by atoms with E-state index in [1.165, 1.54) is 5.56 Å². The molecule has 0 spiro atoms. The molecule has 1 unspecified atom stereocenters. The summed E-state index contributed by atoms with van der Waals surface area (Å²) >= 11 is 0. The molecule has 0 aromatic heterocycles. The molecule has 0 aliphatic carbocycles. The first kappa shape index (κ1) is 13.0. The molecular formula is C14H23NO. The minimum absolute atomic E-state index is 0.175. The SMILES string of the molecule is CNC(C)COc1cccc(C(C)(C)C)c1. The van der Waals surface area contributed by atoms with Crippen LogP contribution in [0.1, 0.15) is 33.3 Å². The Morgan fingerprint density at radius 1 is 1.31 bits per heavy atom. The summed E-state index contributed by atoms with van der Waals surface area (Å²) in [5.41, 5.74) is 1.48. The normalized spacial score (nSPS) is 13.6. The lowest BCUT2D eigenvalue weighted by molar-refractivity contribution is 0.279. The summed E-state index contributed by atoms with van der Waals surface area (Å²) in [6.45, 7) is 9.44. The molecular weight excluding hydrogens is 198 g/mol. The van der Waals surface area contributed by atoms with Gasteiger partial charge in [0.15, 0.2) is 0 Å². The Morgan fingerprint density at radius 2 is 2.00 bits per heavy atom. The van der Waals surface area contributed by atoms with Gasteiger partial charge in [-0.15, -0.1) is 0 Å². The van der Waals surface area contributed by atoms with Crippen LogP contribution in [0.4, 0.5) is 0 Å². The molecule has 90 valence electrons. The summed E-state index contributed by atoms with van der Waals surface area (Å²) in [6.07, 6.45) is 0. The second kappa shape index (κ2) is 5.35. The van der Waals surface area contributed by atoms with E-state index in [4.69, 9.17) is 4.74 Å². The third kappa shape index (κ3) is 3.86. The van der Waals surface area contributed by atoms with E-state index < -0.39 is 0 Å². The van der Waals surface area contributed by atoms with Crippen molar-refractivity contribution < 1.29 is 4.74 Å². The van der Waals surface area contributed by atoms with Crippen molar-refractivity contribution in [1.82, 2.24) is 5.32 Å². The van der Waals surface area contributed by atoms with E-state index in [0.717, 1.165) is 5.75 Å². The van der Waals surface area contributed by atoms with Crippen LogP contribution in [0.2, 0.25) is 0 Å². The van der Waals surface area contributed by atoms with Crippen molar-refractivity contribution in [3.8, 4) is 5.75 Å². The van der Waals surface area contributed by atoms with Crippen molar-refractivity contribution >= 4 is 0 Å². The first-order valence-electron chi connectivity index (χ1n) is 5.84. The first-order valence-corrected chi connectivity index (χ1v) is 5.84. The van der Waals surface area contributed by atoms with E-state index in [0.29, 0.717) is 12.6 Å². The molecule has 0 fully saturated rings. The molecule has 1 atom stereocenters. The van der Waals surface area contributed by atoms with Gasteiger partial charge in [0, 0.05) is 6.04 Å². The van der Waals surface area contributed by atoms with Gasteiger partial charge in [-0.3, -0.25) is 0 Å². The highest BCUT2D eigenvalue weighted by molar-refractivity contribution is 5.32. The molecule has 0 aliphatic rings. The van der Waals surface area contributed by atoms with Gasteiger partial charge in [-0.1, -0.05) is 32.9 Å². The van der Waals surface area contributed by atoms with Crippen LogP contribution in [0, 0.1) is 0 Å². The van der Waals surface area contributed by atoms with E-state index >= 15 is 0 Å². The van der Waals surface area contributed by atoms with Gasteiger partial charge in [-0.05, 0) is 37.1 Å². The predicted molar refractivity (Wildman–Crippen MR) is 69.2 cm³/mol. The molecule has 1 aromatic carbocycles. The van der Waals surface area contributed by atoms with E-state index in [9.17, 15) is 0 Å². The highest BCUT2D eigenvalue weighted by Crippen LogP contribution is 2.25. The third-order valence-electron chi connectivity index (χ3n) is 2.69. The molecule has 0 saturated heterocycles. The minimum atomic E-state index is 0.175. The Balaban J connectivity index is 2.68. The number of rotatable bonds is 4.